The smallest absolute Gasteiger partial charge is 0.323 e. The highest BCUT2D eigenvalue weighted by molar-refractivity contribution is 6.05. The molecule has 0 aliphatic carbocycles. The van der Waals surface area contributed by atoms with Crippen molar-refractivity contribution in [1.82, 2.24) is 25.3 Å². The fourth-order valence-corrected chi connectivity index (χ4v) is 3.77. The number of hydrogen-bond donors (Lipinski definition) is 4. The summed E-state index contributed by atoms with van der Waals surface area (Å²) in [5, 5.41) is 5.56. The molecule has 5 rings (SSSR count). The van der Waals surface area contributed by atoms with E-state index in [1.165, 1.54) is 12.4 Å². The Kier molecular flexibility index (Phi) is 6.71. The van der Waals surface area contributed by atoms with Crippen molar-refractivity contribution in [3.8, 4) is 5.75 Å². The van der Waals surface area contributed by atoms with Crippen LogP contribution in [-0.2, 0) is 13.2 Å². The fourth-order valence-electron chi connectivity index (χ4n) is 3.77. The molecule has 0 aliphatic heterocycles. The number of aromatic amines is 2. The molecular weight excluding hydrogens is 472 g/mol. The highest BCUT2D eigenvalue weighted by atomic mass is 16.5. The number of carbonyl (C=O) groups is 2. The number of anilines is 1. The van der Waals surface area contributed by atoms with Crippen molar-refractivity contribution in [3.63, 3.8) is 0 Å². The summed E-state index contributed by atoms with van der Waals surface area (Å²) >= 11 is 0. The van der Waals surface area contributed by atoms with Gasteiger partial charge < -0.3 is 25.3 Å². The Morgan fingerprint density at radius 1 is 0.838 bits per heavy atom. The predicted molar refractivity (Wildman–Crippen MR) is 137 cm³/mol. The molecule has 37 heavy (non-hydrogen) atoms. The number of aromatic nitrogens is 4. The van der Waals surface area contributed by atoms with Gasteiger partial charge in [0.1, 0.15) is 12.4 Å². The molecule has 3 heterocycles. The Bertz CT molecular complexity index is 1630. The minimum absolute atomic E-state index is 0.132. The molecule has 0 aliphatic rings. The van der Waals surface area contributed by atoms with Gasteiger partial charge >= 0.3 is 5.69 Å². The van der Waals surface area contributed by atoms with Crippen LogP contribution >= 0.6 is 0 Å². The van der Waals surface area contributed by atoms with Crippen LogP contribution in [0.15, 0.2) is 90.0 Å². The monoisotopic (exact) mass is 494 g/mol. The molecule has 4 N–H and O–H groups in total. The van der Waals surface area contributed by atoms with Gasteiger partial charge in [0.15, 0.2) is 11.4 Å². The maximum Gasteiger partial charge on any atom is 0.323 e. The van der Waals surface area contributed by atoms with E-state index in [-0.39, 0.29) is 23.8 Å². The predicted octanol–water partition coefficient (Wildman–Crippen LogP) is 3.41. The van der Waals surface area contributed by atoms with E-state index in [2.05, 4.69) is 30.6 Å². The summed E-state index contributed by atoms with van der Waals surface area (Å²) in [5.41, 5.74) is 2.76. The first-order valence-electron chi connectivity index (χ1n) is 11.4. The number of rotatable bonds is 8. The summed E-state index contributed by atoms with van der Waals surface area (Å²) in [5.74, 6) is -0.171. The van der Waals surface area contributed by atoms with Crippen molar-refractivity contribution in [3.05, 3.63) is 118 Å². The number of nitrogens with one attached hydrogen (secondary N) is 4. The first kappa shape index (κ1) is 23.5. The van der Waals surface area contributed by atoms with Gasteiger partial charge in [-0.15, -0.1) is 0 Å². The van der Waals surface area contributed by atoms with Crippen molar-refractivity contribution < 1.29 is 14.3 Å². The molecule has 0 fully saturated rings. The van der Waals surface area contributed by atoms with Crippen LogP contribution in [0.4, 0.5) is 5.82 Å². The molecule has 184 valence electrons. The van der Waals surface area contributed by atoms with Crippen LogP contribution in [0, 0.1) is 0 Å². The van der Waals surface area contributed by atoms with Gasteiger partial charge in [0.05, 0.1) is 16.6 Å². The van der Waals surface area contributed by atoms with Crippen LogP contribution in [-0.4, -0.2) is 31.8 Å². The molecule has 10 nitrogen and oxygen atoms in total. The molecule has 3 aromatic heterocycles. The summed E-state index contributed by atoms with van der Waals surface area (Å²) in [6.45, 7) is 0.481. The van der Waals surface area contributed by atoms with E-state index in [9.17, 15) is 14.4 Å². The largest absolute Gasteiger partial charge is 0.486 e. The van der Waals surface area contributed by atoms with E-state index in [1.54, 1.807) is 42.5 Å². The SMILES string of the molecule is O=C(Nc1cc(CNC(=O)c2cccc3[nH]c(=O)[nH]c23)ccn1)c1ncccc1OCc1ccccc1. The highest BCUT2D eigenvalue weighted by Crippen LogP contribution is 2.19. The molecule has 10 heteroatoms. The second-order valence-electron chi connectivity index (χ2n) is 8.12. The third kappa shape index (κ3) is 5.54. The lowest BCUT2D eigenvalue weighted by Crippen LogP contribution is -2.23. The number of hydrogen-bond acceptors (Lipinski definition) is 6. The molecule has 0 atom stereocenters. The van der Waals surface area contributed by atoms with Crippen LogP contribution in [0.25, 0.3) is 11.0 Å². The average molecular weight is 495 g/mol. The summed E-state index contributed by atoms with van der Waals surface area (Å²) in [4.78, 5) is 50.9. The van der Waals surface area contributed by atoms with Crippen molar-refractivity contribution in [1.29, 1.82) is 0 Å². The molecular formula is C27H22N6O4. The zero-order chi connectivity index (χ0) is 25.6. The molecule has 0 radical (unpaired) electrons. The Morgan fingerprint density at radius 3 is 2.57 bits per heavy atom. The molecule has 2 aromatic carbocycles. The van der Waals surface area contributed by atoms with Crippen LogP contribution in [0.5, 0.6) is 5.75 Å². The van der Waals surface area contributed by atoms with Crippen LogP contribution < -0.4 is 21.1 Å². The van der Waals surface area contributed by atoms with E-state index < -0.39 is 5.91 Å². The number of para-hydroxylation sites is 1. The van der Waals surface area contributed by atoms with Gasteiger partial charge in [0, 0.05) is 18.9 Å². The normalized spacial score (nSPS) is 10.7. The first-order chi connectivity index (χ1) is 18.1. The third-order valence-electron chi connectivity index (χ3n) is 5.54. The molecule has 0 saturated heterocycles. The van der Waals surface area contributed by atoms with Crippen molar-refractivity contribution in [2.24, 2.45) is 0 Å². The molecule has 0 saturated carbocycles. The van der Waals surface area contributed by atoms with Crippen molar-refractivity contribution >= 4 is 28.7 Å². The summed E-state index contributed by atoms with van der Waals surface area (Å²) < 4.78 is 5.83. The molecule has 0 spiro atoms. The van der Waals surface area contributed by atoms with Gasteiger partial charge in [-0.3, -0.25) is 9.59 Å². The third-order valence-corrected chi connectivity index (χ3v) is 5.54. The van der Waals surface area contributed by atoms with Crippen LogP contribution in [0.3, 0.4) is 0 Å². The Balaban J connectivity index is 1.24. The Labute approximate surface area is 210 Å². The summed E-state index contributed by atoms with van der Waals surface area (Å²) in [6, 6.07) is 21.4. The standard InChI is InChI=1S/C27H22N6O4/c34-25(19-8-4-9-20-23(19)33-27(36)31-20)30-15-18-11-13-28-22(14-18)32-26(35)24-21(10-5-12-29-24)37-16-17-6-2-1-3-7-17/h1-14H,15-16H2,(H,30,34)(H,28,32,35)(H2,31,33,36). The number of imidazole rings is 1. The van der Waals surface area contributed by atoms with E-state index in [0.29, 0.717) is 34.8 Å². The molecule has 2 amide bonds. The second kappa shape index (κ2) is 10.6. The van der Waals surface area contributed by atoms with E-state index in [1.807, 2.05) is 30.3 Å². The topological polar surface area (TPSA) is 142 Å². The van der Waals surface area contributed by atoms with Gasteiger partial charge in [0.2, 0.25) is 0 Å². The number of benzene rings is 2. The fraction of sp³-hybridized carbons (Fsp3) is 0.0741. The number of fused-ring (bicyclic) bond motifs is 1. The quantitative estimate of drug-likeness (QED) is 0.260. The number of carbonyl (C=O) groups excluding carboxylic acids is 2. The second-order valence-corrected chi connectivity index (χ2v) is 8.12. The van der Waals surface area contributed by atoms with E-state index in [4.69, 9.17) is 4.74 Å². The first-order valence-corrected chi connectivity index (χ1v) is 11.4. The zero-order valence-electron chi connectivity index (χ0n) is 19.5. The number of ether oxygens (including phenoxy) is 1. The van der Waals surface area contributed by atoms with E-state index >= 15 is 0 Å². The highest BCUT2D eigenvalue weighted by Gasteiger charge is 2.16. The number of pyridine rings is 2. The summed E-state index contributed by atoms with van der Waals surface area (Å²) in [7, 11) is 0. The van der Waals surface area contributed by atoms with Crippen LogP contribution in [0.2, 0.25) is 0 Å². The van der Waals surface area contributed by atoms with Gasteiger partial charge in [-0.2, -0.15) is 0 Å². The average Bonchev–Trinajstić information content (AvgIpc) is 3.32. The minimum Gasteiger partial charge on any atom is -0.486 e. The maximum atomic E-state index is 12.9. The Morgan fingerprint density at radius 2 is 1.70 bits per heavy atom. The lowest BCUT2D eigenvalue weighted by molar-refractivity contribution is 0.0951. The number of amides is 2. The zero-order valence-corrected chi connectivity index (χ0v) is 19.5. The molecule has 5 aromatic rings. The number of nitrogens with zero attached hydrogens (tertiary/aromatic N) is 2. The lowest BCUT2D eigenvalue weighted by Gasteiger charge is -2.11. The summed E-state index contributed by atoms with van der Waals surface area (Å²) in [6.07, 6.45) is 3.05. The van der Waals surface area contributed by atoms with Crippen LogP contribution in [0.1, 0.15) is 32.0 Å². The van der Waals surface area contributed by atoms with E-state index in [0.717, 1.165) is 11.1 Å². The molecule has 0 bridgehead atoms. The Hall–Kier alpha value is -5.25. The maximum absolute atomic E-state index is 12.9. The van der Waals surface area contributed by atoms with Gasteiger partial charge in [-0.1, -0.05) is 36.4 Å². The lowest BCUT2D eigenvalue weighted by atomic mass is 10.1. The van der Waals surface area contributed by atoms with Gasteiger partial charge in [-0.25, -0.2) is 14.8 Å². The van der Waals surface area contributed by atoms with Crippen molar-refractivity contribution in [2.75, 3.05) is 5.32 Å². The molecule has 0 unspecified atom stereocenters. The van der Waals surface area contributed by atoms with Gasteiger partial charge in [-0.05, 0) is 47.5 Å². The minimum atomic E-state index is -0.472. The number of H-pyrrole nitrogens is 2. The van der Waals surface area contributed by atoms with Crippen molar-refractivity contribution in [2.45, 2.75) is 13.2 Å². The van der Waals surface area contributed by atoms with Gasteiger partial charge in [0.25, 0.3) is 11.8 Å².